The van der Waals surface area contributed by atoms with Gasteiger partial charge in [0, 0.05) is 13.6 Å². The third-order valence-corrected chi connectivity index (χ3v) is 4.10. The van der Waals surface area contributed by atoms with E-state index >= 15 is 0 Å². The summed E-state index contributed by atoms with van der Waals surface area (Å²) >= 11 is 0. The quantitative estimate of drug-likeness (QED) is 0.425. The van der Waals surface area contributed by atoms with Crippen molar-refractivity contribution in [2.24, 2.45) is 0 Å². The van der Waals surface area contributed by atoms with E-state index in [1.165, 1.54) is 55.7 Å². The minimum atomic E-state index is -0.00146. The van der Waals surface area contributed by atoms with E-state index in [9.17, 15) is 4.79 Å². The molecule has 0 aliphatic rings. The van der Waals surface area contributed by atoms with Gasteiger partial charge in [-0.15, -0.1) is 0 Å². The minimum absolute atomic E-state index is 0.00146. The third-order valence-electron chi connectivity index (χ3n) is 4.10. The van der Waals surface area contributed by atoms with Gasteiger partial charge >= 0.3 is 0 Å². The number of hydrogen-bond donors (Lipinski definition) is 0. The number of nitrogens with zero attached hydrogens (tertiary/aromatic N) is 1. The fourth-order valence-corrected chi connectivity index (χ4v) is 2.59. The highest BCUT2D eigenvalue weighted by Crippen LogP contribution is 2.11. The average molecular weight is 301 g/mol. The van der Waals surface area contributed by atoms with Gasteiger partial charge in [-0.05, 0) is 42.9 Å². The monoisotopic (exact) mass is 301 g/mol. The van der Waals surface area contributed by atoms with Crippen LogP contribution in [0.1, 0.15) is 56.6 Å². The zero-order chi connectivity index (χ0) is 16.2. The summed E-state index contributed by atoms with van der Waals surface area (Å²) in [6, 6.07) is 8.98. The number of benzene rings is 1. The second kappa shape index (κ2) is 11.1. The predicted molar refractivity (Wildman–Crippen MR) is 95.1 cm³/mol. The van der Waals surface area contributed by atoms with Crippen molar-refractivity contribution >= 4 is 5.91 Å². The molecule has 1 rings (SSSR count). The molecule has 0 radical (unpaired) electrons. The maximum Gasteiger partial charge on any atom is 0.245 e. The van der Waals surface area contributed by atoms with Crippen LogP contribution in [0.5, 0.6) is 0 Å². The standard InChI is InChI=1S/C20H31NO/c1-4-6-7-8-9-11-18-13-15-19(16-14-18)12-10-17-21(3)20(22)5-2/h5,13-16H,2,4,6-12,17H2,1,3H3. The molecule has 1 aromatic carbocycles. The first-order valence-corrected chi connectivity index (χ1v) is 8.62. The Hall–Kier alpha value is -1.57. The number of likely N-dealkylation sites (N-methyl/N-ethyl adjacent to an activating group) is 1. The van der Waals surface area contributed by atoms with Gasteiger partial charge < -0.3 is 4.90 Å². The van der Waals surface area contributed by atoms with E-state index in [1.807, 2.05) is 7.05 Å². The van der Waals surface area contributed by atoms with Crippen molar-refractivity contribution in [3.63, 3.8) is 0 Å². The van der Waals surface area contributed by atoms with E-state index in [0.717, 1.165) is 19.4 Å². The zero-order valence-electron chi connectivity index (χ0n) is 14.3. The summed E-state index contributed by atoms with van der Waals surface area (Å²) in [4.78, 5) is 13.1. The molecular weight excluding hydrogens is 270 g/mol. The molecule has 0 bridgehead atoms. The Morgan fingerprint density at radius 2 is 1.55 bits per heavy atom. The van der Waals surface area contributed by atoms with E-state index in [4.69, 9.17) is 0 Å². The molecule has 0 aliphatic carbocycles. The number of rotatable bonds is 11. The van der Waals surface area contributed by atoms with Gasteiger partial charge in [-0.3, -0.25) is 4.79 Å². The lowest BCUT2D eigenvalue weighted by molar-refractivity contribution is -0.124. The van der Waals surface area contributed by atoms with Crippen molar-refractivity contribution in [3.05, 3.63) is 48.0 Å². The summed E-state index contributed by atoms with van der Waals surface area (Å²) in [5.74, 6) is -0.00146. The summed E-state index contributed by atoms with van der Waals surface area (Å²) in [6.07, 6.45) is 11.3. The Morgan fingerprint density at radius 1 is 1.00 bits per heavy atom. The normalized spacial score (nSPS) is 10.5. The Balaban J connectivity index is 2.24. The number of amides is 1. The first kappa shape index (κ1) is 18.5. The fraction of sp³-hybridized carbons (Fsp3) is 0.550. The molecule has 1 amide bonds. The Morgan fingerprint density at radius 3 is 2.09 bits per heavy atom. The van der Waals surface area contributed by atoms with Gasteiger partial charge in [0.05, 0.1) is 0 Å². The average Bonchev–Trinajstić information content (AvgIpc) is 2.55. The molecule has 2 nitrogen and oxygen atoms in total. The van der Waals surface area contributed by atoms with Crippen molar-refractivity contribution in [2.75, 3.05) is 13.6 Å². The molecule has 0 atom stereocenters. The Labute approximate surface area is 136 Å². The third kappa shape index (κ3) is 7.44. The van der Waals surface area contributed by atoms with Crippen LogP contribution >= 0.6 is 0 Å². The summed E-state index contributed by atoms with van der Waals surface area (Å²) in [6.45, 7) is 6.54. The van der Waals surface area contributed by atoms with Crippen LogP contribution in [0.2, 0.25) is 0 Å². The van der Waals surface area contributed by atoms with E-state index in [0.29, 0.717) is 0 Å². The highest BCUT2D eigenvalue weighted by atomic mass is 16.2. The van der Waals surface area contributed by atoms with Crippen molar-refractivity contribution < 1.29 is 4.79 Å². The van der Waals surface area contributed by atoms with Gasteiger partial charge in [0.15, 0.2) is 0 Å². The zero-order valence-corrected chi connectivity index (χ0v) is 14.3. The van der Waals surface area contributed by atoms with Crippen LogP contribution in [0.15, 0.2) is 36.9 Å². The summed E-state index contributed by atoms with van der Waals surface area (Å²) in [7, 11) is 1.83. The number of aryl methyl sites for hydroxylation is 2. The minimum Gasteiger partial charge on any atom is -0.342 e. The van der Waals surface area contributed by atoms with Crippen LogP contribution < -0.4 is 0 Å². The Bertz CT molecular complexity index is 436. The van der Waals surface area contributed by atoms with Gasteiger partial charge in [-0.1, -0.05) is 63.5 Å². The number of carbonyl (C=O) groups excluding carboxylic acids is 1. The molecule has 22 heavy (non-hydrogen) atoms. The van der Waals surface area contributed by atoms with Gasteiger partial charge in [-0.2, -0.15) is 0 Å². The van der Waals surface area contributed by atoms with Crippen molar-refractivity contribution in [2.45, 2.75) is 58.3 Å². The summed E-state index contributed by atoms with van der Waals surface area (Å²) in [5, 5.41) is 0. The molecule has 0 saturated heterocycles. The first-order chi connectivity index (χ1) is 10.7. The lowest BCUT2D eigenvalue weighted by Gasteiger charge is -2.14. The van der Waals surface area contributed by atoms with Crippen LogP contribution in [0.3, 0.4) is 0 Å². The second-order valence-corrected chi connectivity index (χ2v) is 6.05. The Kier molecular flexibility index (Phi) is 9.29. The molecule has 2 heteroatoms. The predicted octanol–water partition coefficient (Wildman–Crippen LogP) is 4.78. The topological polar surface area (TPSA) is 20.3 Å². The maximum atomic E-state index is 11.4. The summed E-state index contributed by atoms with van der Waals surface area (Å²) in [5.41, 5.74) is 2.80. The molecule has 0 N–H and O–H groups in total. The highest BCUT2D eigenvalue weighted by molar-refractivity contribution is 5.86. The van der Waals surface area contributed by atoms with Crippen LogP contribution in [-0.2, 0) is 17.6 Å². The molecule has 0 heterocycles. The van der Waals surface area contributed by atoms with Crippen molar-refractivity contribution in [1.29, 1.82) is 0 Å². The smallest absolute Gasteiger partial charge is 0.245 e. The largest absolute Gasteiger partial charge is 0.342 e. The lowest BCUT2D eigenvalue weighted by atomic mass is 10.0. The van der Waals surface area contributed by atoms with Crippen LogP contribution in [-0.4, -0.2) is 24.4 Å². The van der Waals surface area contributed by atoms with Gasteiger partial charge in [-0.25, -0.2) is 0 Å². The molecule has 0 aromatic heterocycles. The maximum absolute atomic E-state index is 11.4. The fourth-order valence-electron chi connectivity index (χ4n) is 2.59. The SMILES string of the molecule is C=CC(=O)N(C)CCCc1ccc(CCCCCCC)cc1. The van der Waals surface area contributed by atoms with E-state index in [2.05, 4.69) is 37.8 Å². The van der Waals surface area contributed by atoms with E-state index in [1.54, 1.807) is 4.90 Å². The van der Waals surface area contributed by atoms with Gasteiger partial charge in [0.2, 0.25) is 5.91 Å². The first-order valence-electron chi connectivity index (χ1n) is 8.62. The molecule has 0 spiro atoms. The van der Waals surface area contributed by atoms with Crippen LogP contribution in [0, 0.1) is 0 Å². The molecule has 0 aliphatic heterocycles. The van der Waals surface area contributed by atoms with Crippen LogP contribution in [0.25, 0.3) is 0 Å². The molecular formula is C20H31NO. The van der Waals surface area contributed by atoms with Crippen LogP contribution in [0.4, 0.5) is 0 Å². The van der Waals surface area contributed by atoms with E-state index < -0.39 is 0 Å². The second-order valence-electron chi connectivity index (χ2n) is 6.05. The number of unbranched alkanes of at least 4 members (excludes halogenated alkanes) is 4. The molecule has 1 aromatic rings. The number of carbonyl (C=O) groups is 1. The number of hydrogen-bond acceptors (Lipinski definition) is 1. The molecule has 0 fully saturated rings. The van der Waals surface area contributed by atoms with Crippen molar-refractivity contribution in [3.8, 4) is 0 Å². The van der Waals surface area contributed by atoms with Crippen molar-refractivity contribution in [1.82, 2.24) is 4.90 Å². The lowest BCUT2D eigenvalue weighted by Crippen LogP contribution is -2.25. The highest BCUT2D eigenvalue weighted by Gasteiger charge is 2.03. The molecule has 0 unspecified atom stereocenters. The summed E-state index contributed by atoms with van der Waals surface area (Å²) < 4.78 is 0. The molecule has 122 valence electrons. The van der Waals surface area contributed by atoms with E-state index in [-0.39, 0.29) is 5.91 Å². The van der Waals surface area contributed by atoms with Gasteiger partial charge in [0.25, 0.3) is 0 Å². The van der Waals surface area contributed by atoms with Gasteiger partial charge in [0.1, 0.15) is 0 Å². The molecule has 0 saturated carbocycles.